The van der Waals surface area contributed by atoms with Crippen LogP contribution in [0.2, 0.25) is 0 Å². The van der Waals surface area contributed by atoms with Gasteiger partial charge in [-0.1, -0.05) is 0 Å². The van der Waals surface area contributed by atoms with Crippen LogP contribution in [-0.2, 0) is 31.5 Å². The lowest BCUT2D eigenvalue weighted by molar-refractivity contribution is -0.140. The Morgan fingerprint density at radius 1 is 0.543 bits per heavy atom. The fourth-order valence-electron chi connectivity index (χ4n) is 3.36. The number of carbonyl (C=O) groups is 4. The number of hydrogen-bond donors (Lipinski definition) is 0. The van der Waals surface area contributed by atoms with Crippen LogP contribution in [-0.4, -0.2) is 23.6 Å². The van der Waals surface area contributed by atoms with Crippen molar-refractivity contribution >= 4 is 35.0 Å². The first kappa shape index (κ1) is 23.7. The number of amides is 4. The van der Waals surface area contributed by atoms with Crippen molar-refractivity contribution in [3.05, 3.63) is 71.8 Å². The van der Waals surface area contributed by atoms with Gasteiger partial charge in [0.25, 0.3) is 23.6 Å². The number of hydrogen-bond acceptors (Lipinski definition) is 5. The number of rotatable bonds is 4. The number of halogens is 6. The van der Waals surface area contributed by atoms with E-state index in [1.54, 1.807) is 0 Å². The molecule has 4 rings (SSSR count). The predicted octanol–water partition coefficient (Wildman–Crippen LogP) is 4.38. The van der Waals surface area contributed by atoms with Crippen LogP contribution in [0.3, 0.4) is 0 Å². The Morgan fingerprint density at radius 2 is 0.857 bits per heavy atom. The first-order valence-corrected chi connectivity index (χ1v) is 9.50. The minimum atomic E-state index is -5.14. The average molecular weight is 496 g/mol. The summed E-state index contributed by atoms with van der Waals surface area (Å²) in [5, 5.41) is 0. The molecule has 2 heterocycles. The zero-order valence-corrected chi connectivity index (χ0v) is 17.0. The SMILES string of the molecule is O=C1C=CC(=O)N1c1ccc(Oc2ccc(N3C(=O)C=CC3=O)cc2C(F)(F)F)c(C(F)(F)F)c1. The highest BCUT2D eigenvalue weighted by molar-refractivity contribution is 6.28. The maximum atomic E-state index is 13.7. The summed E-state index contributed by atoms with van der Waals surface area (Å²) in [6.07, 6.45) is -6.87. The van der Waals surface area contributed by atoms with Gasteiger partial charge in [0.1, 0.15) is 22.6 Å². The molecule has 0 aromatic heterocycles. The number of imide groups is 2. The minimum absolute atomic E-state index is 0.396. The smallest absolute Gasteiger partial charge is 0.420 e. The van der Waals surface area contributed by atoms with Gasteiger partial charge in [-0.25, -0.2) is 9.80 Å². The second kappa shape index (κ2) is 8.11. The van der Waals surface area contributed by atoms with Gasteiger partial charge in [-0.05, 0) is 36.4 Å². The predicted molar refractivity (Wildman–Crippen MR) is 106 cm³/mol. The van der Waals surface area contributed by atoms with E-state index in [-0.39, 0.29) is 0 Å². The first-order chi connectivity index (χ1) is 16.3. The van der Waals surface area contributed by atoms with Gasteiger partial charge in [0, 0.05) is 24.3 Å². The lowest BCUT2D eigenvalue weighted by Crippen LogP contribution is -2.30. The molecule has 13 heteroatoms. The number of anilines is 2. The van der Waals surface area contributed by atoms with E-state index in [0.29, 0.717) is 34.1 Å². The lowest BCUT2D eigenvalue weighted by Gasteiger charge is -2.21. The topological polar surface area (TPSA) is 84.0 Å². The summed E-state index contributed by atoms with van der Waals surface area (Å²) in [5.74, 6) is -5.66. The van der Waals surface area contributed by atoms with Gasteiger partial charge >= 0.3 is 12.4 Å². The molecule has 35 heavy (non-hydrogen) atoms. The van der Waals surface area contributed by atoms with Crippen molar-refractivity contribution in [1.29, 1.82) is 0 Å². The Balaban J connectivity index is 1.76. The van der Waals surface area contributed by atoms with Gasteiger partial charge < -0.3 is 4.74 Å². The first-order valence-electron chi connectivity index (χ1n) is 9.50. The normalized spacial score (nSPS) is 16.2. The van der Waals surface area contributed by atoms with Crippen molar-refractivity contribution < 1.29 is 50.3 Å². The molecule has 2 aliphatic rings. The molecule has 0 radical (unpaired) electrons. The summed E-state index contributed by atoms with van der Waals surface area (Å²) in [7, 11) is 0. The number of nitrogens with zero attached hydrogens (tertiary/aromatic N) is 2. The molecule has 0 fully saturated rings. The third-order valence-electron chi connectivity index (χ3n) is 4.89. The Bertz CT molecular complexity index is 1210. The summed E-state index contributed by atoms with van der Waals surface area (Å²) >= 11 is 0. The largest absolute Gasteiger partial charge is 0.456 e. The van der Waals surface area contributed by atoms with Gasteiger partial charge in [0.05, 0.1) is 11.4 Å². The van der Waals surface area contributed by atoms with Gasteiger partial charge in [-0.15, -0.1) is 0 Å². The highest BCUT2D eigenvalue weighted by Crippen LogP contribution is 2.44. The van der Waals surface area contributed by atoms with Crippen LogP contribution in [0.4, 0.5) is 37.7 Å². The average Bonchev–Trinajstić information content (AvgIpc) is 3.27. The molecule has 0 atom stereocenters. The van der Waals surface area contributed by atoms with E-state index in [9.17, 15) is 45.5 Å². The van der Waals surface area contributed by atoms with Crippen LogP contribution in [0.1, 0.15) is 11.1 Å². The van der Waals surface area contributed by atoms with Crippen LogP contribution in [0.5, 0.6) is 11.5 Å². The van der Waals surface area contributed by atoms with Gasteiger partial charge in [0.15, 0.2) is 0 Å². The molecule has 2 aromatic rings. The molecule has 0 N–H and O–H groups in total. The summed E-state index contributed by atoms with van der Waals surface area (Å²) < 4.78 is 87.2. The molecular formula is C22H10F6N2O5. The van der Waals surface area contributed by atoms with E-state index in [0.717, 1.165) is 36.4 Å². The molecule has 2 aromatic carbocycles. The standard InChI is InChI=1S/C22H10F6N2O5/c23-21(24,25)13-9-11(29-17(31)5-6-18(29)32)1-3-15(13)35-16-4-2-12(10-14(16)22(26,27)28)30-19(33)7-8-20(30)34/h1-10H. The van der Waals surface area contributed by atoms with E-state index >= 15 is 0 Å². The molecule has 0 unspecified atom stereocenters. The number of carbonyl (C=O) groups excluding carboxylic acids is 4. The fourth-order valence-corrected chi connectivity index (χ4v) is 3.36. The van der Waals surface area contributed by atoms with E-state index in [4.69, 9.17) is 4.74 Å². The molecule has 4 amide bonds. The van der Waals surface area contributed by atoms with Crippen LogP contribution < -0.4 is 14.5 Å². The van der Waals surface area contributed by atoms with E-state index < -0.39 is 70.0 Å². The van der Waals surface area contributed by atoms with Crippen LogP contribution in [0.15, 0.2) is 60.7 Å². The van der Waals surface area contributed by atoms with Crippen molar-refractivity contribution in [1.82, 2.24) is 0 Å². The highest BCUT2D eigenvalue weighted by Gasteiger charge is 2.39. The van der Waals surface area contributed by atoms with Crippen molar-refractivity contribution in [2.45, 2.75) is 12.4 Å². The van der Waals surface area contributed by atoms with Gasteiger partial charge in [0.2, 0.25) is 0 Å². The molecule has 0 saturated heterocycles. The molecule has 2 aliphatic heterocycles. The fraction of sp³-hybridized carbons (Fsp3) is 0.0909. The Labute approximate surface area is 191 Å². The molecule has 0 aliphatic carbocycles. The van der Waals surface area contributed by atoms with Crippen LogP contribution in [0, 0.1) is 0 Å². The Kier molecular flexibility index (Phi) is 5.50. The van der Waals surface area contributed by atoms with Crippen LogP contribution in [0.25, 0.3) is 0 Å². The summed E-state index contributed by atoms with van der Waals surface area (Å²) in [6.45, 7) is 0. The maximum Gasteiger partial charge on any atom is 0.420 e. The molecular weight excluding hydrogens is 486 g/mol. The quantitative estimate of drug-likeness (QED) is 0.464. The van der Waals surface area contributed by atoms with E-state index in [2.05, 4.69) is 0 Å². The third kappa shape index (κ3) is 4.39. The minimum Gasteiger partial charge on any atom is -0.456 e. The van der Waals surface area contributed by atoms with Crippen molar-refractivity contribution in [3.8, 4) is 11.5 Å². The van der Waals surface area contributed by atoms with Gasteiger partial charge in [-0.2, -0.15) is 26.3 Å². The second-order valence-electron chi connectivity index (χ2n) is 7.15. The zero-order chi connectivity index (χ0) is 25.7. The molecule has 180 valence electrons. The Morgan fingerprint density at radius 3 is 1.14 bits per heavy atom. The van der Waals surface area contributed by atoms with Crippen molar-refractivity contribution in [3.63, 3.8) is 0 Å². The molecule has 7 nitrogen and oxygen atoms in total. The lowest BCUT2D eigenvalue weighted by atomic mass is 10.1. The van der Waals surface area contributed by atoms with Crippen LogP contribution >= 0.6 is 0 Å². The summed E-state index contributed by atoms with van der Waals surface area (Å²) in [6, 6.07) is 3.94. The monoisotopic (exact) mass is 496 g/mol. The zero-order valence-electron chi connectivity index (χ0n) is 17.0. The third-order valence-corrected chi connectivity index (χ3v) is 4.89. The number of benzene rings is 2. The number of alkyl halides is 6. The Hall–Kier alpha value is -4.42. The number of ether oxygens (including phenoxy) is 1. The van der Waals surface area contributed by atoms with E-state index in [1.165, 1.54) is 0 Å². The molecule has 0 bridgehead atoms. The highest BCUT2D eigenvalue weighted by atomic mass is 19.4. The van der Waals surface area contributed by atoms with Crippen molar-refractivity contribution in [2.24, 2.45) is 0 Å². The van der Waals surface area contributed by atoms with Gasteiger partial charge in [-0.3, -0.25) is 19.2 Å². The van der Waals surface area contributed by atoms with Crippen molar-refractivity contribution in [2.75, 3.05) is 9.80 Å². The molecule has 0 saturated carbocycles. The molecule has 0 spiro atoms. The summed E-state index contributed by atoms with van der Waals surface area (Å²) in [4.78, 5) is 48.1. The summed E-state index contributed by atoms with van der Waals surface area (Å²) in [5.41, 5.74) is -4.02. The maximum absolute atomic E-state index is 13.7. The second-order valence-corrected chi connectivity index (χ2v) is 7.15. The van der Waals surface area contributed by atoms with E-state index in [1.807, 2.05) is 0 Å².